The van der Waals surface area contributed by atoms with Crippen molar-refractivity contribution in [3.05, 3.63) is 23.9 Å². The van der Waals surface area contributed by atoms with Crippen LogP contribution in [0.15, 0.2) is 23.9 Å². The van der Waals surface area contributed by atoms with Crippen LogP contribution >= 0.6 is 11.6 Å². The molecule has 1 heterocycles. The number of alkyl halides is 1. The van der Waals surface area contributed by atoms with Gasteiger partial charge in [0.15, 0.2) is 0 Å². The number of hydrogen-bond donors (Lipinski definition) is 1. The standard InChI is InChI=1S/C7H10ClNO/c1-6-2-3-7(4-8)9(10)5-6/h2-3,5,7,10H,4H2,1H3. The first-order chi connectivity index (χ1) is 4.74. The molecule has 0 spiro atoms. The van der Waals surface area contributed by atoms with Gasteiger partial charge in [0.05, 0.1) is 6.04 Å². The third-order valence-corrected chi connectivity index (χ3v) is 1.73. The van der Waals surface area contributed by atoms with Crippen molar-refractivity contribution in [3.63, 3.8) is 0 Å². The Kier molecular flexibility index (Phi) is 2.35. The highest BCUT2D eigenvalue weighted by molar-refractivity contribution is 6.18. The maximum absolute atomic E-state index is 9.16. The predicted octanol–water partition coefficient (Wildman–Crippen LogP) is 1.76. The quantitative estimate of drug-likeness (QED) is 0.590. The van der Waals surface area contributed by atoms with Crippen molar-refractivity contribution in [2.45, 2.75) is 13.0 Å². The van der Waals surface area contributed by atoms with E-state index in [1.807, 2.05) is 19.1 Å². The molecule has 56 valence electrons. The average molecular weight is 160 g/mol. The summed E-state index contributed by atoms with van der Waals surface area (Å²) in [5.41, 5.74) is 1.03. The molecule has 10 heavy (non-hydrogen) atoms. The second-order valence-electron chi connectivity index (χ2n) is 2.33. The van der Waals surface area contributed by atoms with Gasteiger partial charge in [-0.25, -0.2) is 0 Å². The molecule has 1 aliphatic heterocycles. The molecule has 0 saturated carbocycles. The van der Waals surface area contributed by atoms with Crippen LogP contribution in [0.3, 0.4) is 0 Å². The van der Waals surface area contributed by atoms with E-state index in [2.05, 4.69) is 0 Å². The van der Waals surface area contributed by atoms with Gasteiger partial charge in [-0.1, -0.05) is 12.2 Å². The van der Waals surface area contributed by atoms with Gasteiger partial charge in [0.1, 0.15) is 0 Å². The summed E-state index contributed by atoms with van der Waals surface area (Å²) in [4.78, 5) is 0. The molecular formula is C7H10ClNO. The van der Waals surface area contributed by atoms with Crippen molar-refractivity contribution in [2.75, 3.05) is 5.88 Å². The molecule has 1 aliphatic rings. The molecule has 1 unspecified atom stereocenters. The van der Waals surface area contributed by atoms with Gasteiger partial charge >= 0.3 is 0 Å². The highest BCUT2D eigenvalue weighted by Gasteiger charge is 2.11. The van der Waals surface area contributed by atoms with Crippen molar-refractivity contribution in [1.29, 1.82) is 0 Å². The van der Waals surface area contributed by atoms with Crippen LogP contribution in [0.2, 0.25) is 0 Å². The third kappa shape index (κ3) is 1.52. The number of nitrogens with zero attached hydrogens (tertiary/aromatic N) is 1. The molecule has 0 fully saturated rings. The molecule has 2 nitrogen and oxygen atoms in total. The van der Waals surface area contributed by atoms with Crippen LogP contribution in [0.4, 0.5) is 0 Å². The SMILES string of the molecule is CC1=CN(O)C(CCl)C=C1. The molecule has 0 radical (unpaired) electrons. The Morgan fingerprint density at radius 1 is 1.80 bits per heavy atom. The van der Waals surface area contributed by atoms with Gasteiger partial charge in [0.2, 0.25) is 0 Å². The molecule has 3 heteroatoms. The molecule has 0 saturated heterocycles. The van der Waals surface area contributed by atoms with Crippen molar-refractivity contribution in [1.82, 2.24) is 5.06 Å². The second-order valence-corrected chi connectivity index (χ2v) is 2.64. The highest BCUT2D eigenvalue weighted by atomic mass is 35.5. The van der Waals surface area contributed by atoms with Crippen molar-refractivity contribution < 1.29 is 5.21 Å². The minimum absolute atomic E-state index is 0.0645. The summed E-state index contributed by atoms with van der Waals surface area (Å²) in [7, 11) is 0. The zero-order chi connectivity index (χ0) is 7.56. The average Bonchev–Trinajstić information content (AvgIpc) is 1.88. The summed E-state index contributed by atoms with van der Waals surface area (Å²) >= 11 is 5.54. The Labute approximate surface area is 65.4 Å². The summed E-state index contributed by atoms with van der Waals surface area (Å²) in [6, 6.07) is -0.0645. The second kappa shape index (κ2) is 3.08. The van der Waals surface area contributed by atoms with Crippen LogP contribution in [-0.2, 0) is 0 Å². The zero-order valence-electron chi connectivity index (χ0n) is 5.79. The van der Waals surface area contributed by atoms with Gasteiger partial charge in [0.25, 0.3) is 0 Å². The number of rotatable bonds is 1. The summed E-state index contributed by atoms with van der Waals surface area (Å²) in [5.74, 6) is 0.413. The third-order valence-electron chi connectivity index (χ3n) is 1.42. The maximum Gasteiger partial charge on any atom is 0.0875 e. The molecule has 0 aromatic rings. The van der Waals surface area contributed by atoms with E-state index in [1.54, 1.807) is 6.20 Å². The van der Waals surface area contributed by atoms with E-state index >= 15 is 0 Å². The number of halogens is 1. The van der Waals surface area contributed by atoms with Gasteiger partial charge in [-0.15, -0.1) is 11.6 Å². The lowest BCUT2D eigenvalue weighted by atomic mass is 10.2. The first kappa shape index (κ1) is 7.63. The van der Waals surface area contributed by atoms with Crippen LogP contribution in [0.5, 0.6) is 0 Å². The monoisotopic (exact) mass is 159 g/mol. The van der Waals surface area contributed by atoms with E-state index in [-0.39, 0.29) is 6.04 Å². The molecule has 0 aliphatic carbocycles. The Morgan fingerprint density at radius 3 is 3.00 bits per heavy atom. The topological polar surface area (TPSA) is 23.5 Å². The van der Waals surface area contributed by atoms with Gasteiger partial charge in [-0.2, -0.15) is 0 Å². The van der Waals surface area contributed by atoms with E-state index in [1.165, 1.54) is 0 Å². The minimum Gasteiger partial charge on any atom is -0.288 e. The Balaban J connectivity index is 2.64. The zero-order valence-corrected chi connectivity index (χ0v) is 6.54. The Bertz CT molecular complexity index is 176. The summed E-state index contributed by atoms with van der Waals surface area (Å²) in [5, 5.41) is 10.3. The normalized spacial score (nSPS) is 24.9. The molecule has 1 rings (SSSR count). The summed E-state index contributed by atoms with van der Waals surface area (Å²) < 4.78 is 0. The lowest BCUT2D eigenvalue weighted by Crippen LogP contribution is -2.29. The van der Waals surface area contributed by atoms with E-state index < -0.39 is 0 Å². The van der Waals surface area contributed by atoms with Gasteiger partial charge in [-0.05, 0) is 12.5 Å². The lowest BCUT2D eigenvalue weighted by molar-refractivity contribution is -0.0601. The first-order valence-corrected chi connectivity index (χ1v) is 3.67. The molecule has 1 atom stereocenters. The van der Waals surface area contributed by atoms with Crippen molar-refractivity contribution in [3.8, 4) is 0 Å². The molecule has 0 aromatic carbocycles. The summed E-state index contributed by atoms with van der Waals surface area (Å²) in [6.07, 6.45) is 5.48. The summed E-state index contributed by atoms with van der Waals surface area (Å²) in [6.45, 7) is 1.92. The van der Waals surface area contributed by atoms with E-state index in [4.69, 9.17) is 16.8 Å². The fourth-order valence-corrected chi connectivity index (χ4v) is 1.06. The van der Waals surface area contributed by atoms with E-state index in [9.17, 15) is 0 Å². The minimum atomic E-state index is -0.0645. The lowest BCUT2D eigenvalue weighted by Gasteiger charge is -2.23. The fraction of sp³-hybridized carbons (Fsp3) is 0.429. The molecular weight excluding hydrogens is 150 g/mol. The maximum atomic E-state index is 9.16. The Morgan fingerprint density at radius 2 is 2.50 bits per heavy atom. The molecule has 1 N–H and O–H groups in total. The number of hydroxylamine groups is 2. The number of hydrogen-bond acceptors (Lipinski definition) is 2. The van der Waals surface area contributed by atoms with Crippen molar-refractivity contribution >= 4 is 11.6 Å². The molecule has 0 bridgehead atoms. The van der Waals surface area contributed by atoms with Crippen LogP contribution in [0.25, 0.3) is 0 Å². The smallest absolute Gasteiger partial charge is 0.0875 e. The van der Waals surface area contributed by atoms with Gasteiger partial charge in [-0.3, -0.25) is 10.3 Å². The Hall–Kier alpha value is -0.470. The molecule has 0 aromatic heterocycles. The van der Waals surface area contributed by atoms with E-state index in [0.717, 1.165) is 10.6 Å². The van der Waals surface area contributed by atoms with Crippen LogP contribution < -0.4 is 0 Å². The van der Waals surface area contributed by atoms with E-state index in [0.29, 0.717) is 5.88 Å². The van der Waals surface area contributed by atoms with Gasteiger partial charge in [0, 0.05) is 12.1 Å². The van der Waals surface area contributed by atoms with Crippen LogP contribution in [-0.4, -0.2) is 22.2 Å². The number of allylic oxidation sites excluding steroid dienone is 2. The van der Waals surface area contributed by atoms with Gasteiger partial charge < -0.3 is 0 Å². The largest absolute Gasteiger partial charge is 0.288 e. The van der Waals surface area contributed by atoms with Crippen LogP contribution in [0, 0.1) is 0 Å². The highest BCUT2D eigenvalue weighted by Crippen LogP contribution is 2.11. The molecule has 0 amide bonds. The van der Waals surface area contributed by atoms with Crippen LogP contribution in [0.1, 0.15) is 6.92 Å². The predicted molar refractivity (Wildman–Crippen MR) is 41.0 cm³/mol. The fourth-order valence-electron chi connectivity index (χ4n) is 0.821. The van der Waals surface area contributed by atoms with Crippen molar-refractivity contribution in [2.24, 2.45) is 0 Å². The first-order valence-electron chi connectivity index (χ1n) is 3.14.